The van der Waals surface area contributed by atoms with Crippen LogP contribution in [0.3, 0.4) is 0 Å². The summed E-state index contributed by atoms with van der Waals surface area (Å²) >= 11 is 0. The number of hydrogen-bond donors (Lipinski definition) is 5. The Kier molecular flexibility index (Phi) is 9.65. The number of aromatic hydroxyl groups is 2. The van der Waals surface area contributed by atoms with E-state index in [1.807, 2.05) is 66.7 Å². The number of hydrogen-bond acceptors (Lipinski definition) is 5. The Hall–Kier alpha value is -4.59. The fourth-order valence-electron chi connectivity index (χ4n) is 4.01. The highest BCUT2D eigenvalue weighted by Crippen LogP contribution is 2.30. The Balaban J connectivity index is 1.71. The molecule has 0 spiro atoms. The van der Waals surface area contributed by atoms with Gasteiger partial charge in [-0.15, -0.1) is 0 Å². The summed E-state index contributed by atoms with van der Waals surface area (Å²) in [6.45, 7) is 5.04. The second-order valence-electron chi connectivity index (χ2n) is 9.28. The molecule has 1 heterocycles. The predicted molar refractivity (Wildman–Crippen MR) is 147 cm³/mol. The quantitative estimate of drug-likeness (QED) is 0.145. The Morgan fingerprint density at radius 3 is 2.11 bits per heavy atom. The van der Waals surface area contributed by atoms with Gasteiger partial charge < -0.3 is 20.8 Å². The van der Waals surface area contributed by atoms with Crippen molar-refractivity contribution < 1.29 is 24.6 Å². The maximum atomic E-state index is 13.2. The number of amides is 2. The molecular weight excluding hydrogens is 482 g/mol. The largest absolute Gasteiger partial charge is 0.494 e. The molecule has 3 rings (SSSR count). The lowest BCUT2D eigenvalue weighted by atomic mass is 9.93. The van der Waals surface area contributed by atoms with Crippen LogP contribution >= 0.6 is 0 Å². The number of rotatable bonds is 11. The molecule has 1 aromatic heterocycles. The van der Waals surface area contributed by atoms with E-state index in [1.54, 1.807) is 26.0 Å². The Morgan fingerprint density at radius 1 is 0.895 bits per heavy atom. The van der Waals surface area contributed by atoms with Crippen molar-refractivity contribution in [1.82, 2.24) is 15.6 Å². The van der Waals surface area contributed by atoms with Gasteiger partial charge in [0.25, 0.3) is 0 Å². The van der Waals surface area contributed by atoms with Crippen LogP contribution in [0, 0.1) is 12.8 Å². The Labute approximate surface area is 222 Å². The minimum atomic E-state index is -0.947. The van der Waals surface area contributed by atoms with Crippen LogP contribution in [0.2, 0.25) is 0 Å². The van der Waals surface area contributed by atoms with Crippen molar-refractivity contribution in [2.75, 3.05) is 0 Å². The van der Waals surface area contributed by atoms with E-state index in [4.69, 9.17) is 0 Å². The SMILES string of the molecule is Cc1c(O)[nH]c(O)c1C(=O)[C@@H](NC(=O)C[C@H](NC(=O)C=CC=Cc1ccccc1)c1ccccc1)C(C)C. The topological polar surface area (TPSA) is 132 Å². The smallest absolute Gasteiger partial charge is 0.244 e. The third-order valence-electron chi connectivity index (χ3n) is 6.07. The summed E-state index contributed by atoms with van der Waals surface area (Å²) in [4.78, 5) is 41.2. The van der Waals surface area contributed by atoms with Crippen molar-refractivity contribution >= 4 is 23.7 Å². The number of benzene rings is 2. The zero-order valence-electron chi connectivity index (χ0n) is 21.6. The summed E-state index contributed by atoms with van der Waals surface area (Å²) in [6.07, 6.45) is 6.53. The highest BCUT2D eigenvalue weighted by Gasteiger charge is 2.31. The number of ketones is 1. The monoisotopic (exact) mass is 515 g/mol. The van der Waals surface area contributed by atoms with Crippen LogP contribution in [0.4, 0.5) is 0 Å². The molecule has 0 unspecified atom stereocenters. The van der Waals surface area contributed by atoms with E-state index in [9.17, 15) is 24.6 Å². The maximum Gasteiger partial charge on any atom is 0.244 e. The highest BCUT2D eigenvalue weighted by atomic mass is 16.3. The van der Waals surface area contributed by atoms with E-state index in [-0.39, 0.29) is 35.3 Å². The molecule has 2 aromatic carbocycles. The second-order valence-corrected chi connectivity index (χ2v) is 9.28. The van der Waals surface area contributed by atoms with E-state index in [0.717, 1.165) is 11.1 Å². The molecule has 0 fully saturated rings. The first kappa shape index (κ1) is 28.0. The third kappa shape index (κ3) is 7.46. The number of aromatic amines is 1. The van der Waals surface area contributed by atoms with Crippen molar-refractivity contribution in [3.05, 3.63) is 101 Å². The third-order valence-corrected chi connectivity index (χ3v) is 6.07. The molecule has 2 atom stereocenters. The van der Waals surface area contributed by atoms with Gasteiger partial charge in [-0.25, -0.2) is 0 Å². The molecule has 0 aliphatic heterocycles. The number of aromatic nitrogens is 1. The number of H-pyrrole nitrogens is 1. The molecule has 8 nitrogen and oxygen atoms in total. The molecule has 198 valence electrons. The van der Waals surface area contributed by atoms with E-state index < -0.39 is 29.7 Å². The van der Waals surface area contributed by atoms with Crippen molar-refractivity contribution in [3.63, 3.8) is 0 Å². The van der Waals surface area contributed by atoms with Gasteiger partial charge in [0.05, 0.1) is 24.1 Å². The molecule has 8 heteroatoms. The molecule has 0 saturated heterocycles. The van der Waals surface area contributed by atoms with Crippen LogP contribution in [0.25, 0.3) is 6.08 Å². The first-order valence-electron chi connectivity index (χ1n) is 12.4. The van der Waals surface area contributed by atoms with Crippen molar-refractivity contribution in [2.24, 2.45) is 5.92 Å². The van der Waals surface area contributed by atoms with Gasteiger partial charge >= 0.3 is 0 Å². The van der Waals surface area contributed by atoms with Crippen LogP contribution in [0.15, 0.2) is 78.9 Å². The van der Waals surface area contributed by atoms with E-state index >= 15 is 0 Å². The van der Waals surface area contributed by atoms with Gasteiger partial charge in [-0.2, -0.15) is 0 Å². The number of nitrogens with one attached hydrogen (secondary N) is 3. The summed E-state index contributed by atoms with van der Waals surface area (Å²) in [5, 5.41) is 25.5. The maximum absolute atomic E-state index is 13.2. The fourth-order valence-corrected chi connectivity index (χ4v) is 4.01. The lowest BCUT2D eigenvalue weighted by Crippen LogP contribution is -2.45. The van der Waals surface area contributed by atoms with E-state index in [1.165, 1.54) is 13.0 Å². The molecule has 0 radical (unpaired) electrons. The van der Waals surface area contributed by atoms with Gasteiger partial charge in [-0.1, -0.05) is 92.7 Å². The second kappa shape index (κ2) is 13.1. The average Bonchev–Trinajstić information content (AvgIpc) is 3.16. The molecule has 0 bridgehead atoms. The van der Waals surface area contributed by atoms with Crippen LogP contribution in [0.5, 0.6) is 11.8 Å². The Bertz CT molecular complexity index is 1310. The van der Waals surface area contributed by atoms with Crippen molar-refractivity contribution in [1.29, 1.82) is 0 Å². The van der Waals surface area contributed by atoms with Crippen LogP contribution in [-0.2, 0) is 9.59 Å². The summed E-state index contributed by atoms with van der Waals surface area (Å²) in [6, 6.07) is 17.2. The first-order chi connectivity index (χ1) is 18.2. The van der Waals surface area contributed by atoms with Crippen LogP contribution in [-0.4, -0.2) is 38.8 Å². The molecule has 38 heavy (non-hydrogen) atoms. The van der Waals surface area contributed by atoms with Crippen molar-refractivity contribution in [2.45, 2.75) is 39.3 Å². The van der Waals surface area contributed by atoms with Gasteiger partial charge in [0.15, 0.2) is 11.7 Å². The van der Waals surface area contributed by atoms with Crippen LogP contribution in [0.1, 0.15) is 53.4 Å². The van der Waals surface area contributed by atoms with Crippen molar-refractivity contribution in [3.8, 4) is 11.8 Å². The number of allylic oxidation sites excluding steroid dienone is 2. The summed E-state index contributed by atoms with van der Waals surface area (Å²) in [5.74, 6) is -2.40. The van der Waals surface area contributed by atoms with Crippen LogP contribution < -0.4 is 10.6 Å². The zero-order valence-corrected chi connectivity index (χ0v) is 21.6. The van der Waals surface area contributed by atoms with E-state index in [2.05, 4.69) is 15.6 Å². The molecule has 2 amide bonds. The molecule has 3 aromatic rings. The van der Waals surface area contributed by atoms with Gasteiger partial charge in [-0.05, 0) is 24.0 Å². The van der Waals surface area contributed by atoms with Gasteiger partial charge in [0.2, 0.25) is 17.7 Å². The summed E-state index contributed by atoms with van der Waals surface area (Å²) in [5.41, 5.74) is 1.88. The number of carbonyl (C=O) groups is 3. The van der Waals surface area contributed by atoms with Gasteiger partial charge in [0, 0.05) is 11.6 Å². The standard InChI is InChI=1S/C30H33N3O5/c1-19(2)27(28(36)26-20(3)29(37)33-30(26)38)32-25(35)18-23(22-15-8-5-9-16-22)31-24(34)17-11-10-14-21-12-6-4-7-13-21/h4-17,19,23,27,33,37-38H,18H2,1-3H3,(H,31,34)(H,32,35)/t23-,27-/m0/s1. The number of Topliss-reactive ketones (excluding diaryl/α,β-unsaturated/α-hetero) is 1. The molecule has 0 saturated carbocycles. The van der Waals surface area contributed by atoms with E-state index in [0.29, 0.717) is 0 Å². The number of carbonyl (C=O) groups excluding carboxylic acids is 3. The summed E-state index contributed by atoms with van der Waals surface area (Å²) < 4.78 is 0. The van der Waals surface area contributed by atoms with Gasteiger partial charge in [0.1, 0.15) is 0 Å². The Morgan fingerprint density at radius 2 is 1.53 bits per heavy atom. The summed E-state index contributed by atoms with van der Waals surface area (Å²) in [7, 11) is 0. The lowest BCUT2D eigenvalue weighted by molar-refractivity contribution is -0.123. The molecule has 5 N–H and O–H groups in total. The average molecular weight is 516 g/mol. The normalized spacial score (nSPS) is 13.1. The lowest BCUT2D eigenvalue weighted by Gasteiger charge is -2.24. The minimum Gasteiger partial charge on any atom is -0.494 e. The molecule has 0 aliphatic rings. The van der Waals surface area contributed by atoms with Gasteiger partial charge in [-0.3, -0.25) is 19.4 Å². The first-order valence-corrected chi connectivity index (χ1v) is 12.4. The highest BCUT2D eigenvalue weighted by molar-refractivity contribution is 6.05. The zero-order chi connectivity index (χ0) is 27.7. The predicted octanol–water partition coefficient (Wildman–Crippen LogP) is 4.58. The molecule has 0 aliphatic carbocycles. The minimum absolute atomic E-state index is 0.0666. The fraction of sp³-hybridized carbons (Fsp3) is 0.233. The molecular formula is C30H33N3O5.